The lowest BCUT2D eigenvalue weighted by atomic mass is 10.2. The maximum atomic E-state index is 10.2. The first-order chi connectivity index (χ1) is 4.18. The Morgan fingerprint density at radius 2 is 2.44 bits per heavy atom. The molecule has 0 spiro atoms. The number of nitrogens with two attached hydrogens (primary N) is 1. The van der Waals surface area contributed by atoms with Crippen LogP contribution in [0, 0.1) is 0 Å². The number of carbonyl (C=O) groups is 1. The van der Waals surface area contributed by atoms with Gasteiger partial charge in [-0.25, -0.2) is 0 Å². The van der Waals surface area contributed by atoms with Crippen molar-refractivity contribution in [1.82, 2.24) is 5.73 Å². The Kier molecular flexibility index (Phi) is 4.53. The molecule has 0 saturated carbocycles. The lowest BCUT2D eigenvalue weighted by Gasteiger charge is -2.02. The number of hydrogen-bond acceptors (Lipinski definition) is 3. The first-order valence-corrected chi connectivity index (χ1v) is 4.08. The van der Waals surface area contributed by atoms with Gasteiger partial charge < -0.3 is 5.73 Å². The molecule has 0 heterocycles. The van der Waals surface area contributed by atoms with Crippen LogP contribution in [0.25, 0.3) is 0 Å². The molecule has 1 amide bonds. The van der Waals surface area contributed by atoms with Gasteiger partial charge in [0.15, 0.2) is 0 Å². The third kappa shape index (κ3) is 4.29. The second-order valence-electron chi connectivity index (χ2n) is 1.75. The maximum Gasteiger partial charge on any atom is 0.255 e. The highest BCUT2D eigenvalue weighted by Gasteiger charge is 2.07. The van der Waals surface area contributed by atoms with Gasteiger partial charge in [-0.15, -0.1) is 0 Å². The monoisotopic (exact) mass is 147 g/mol. The van der Waals surface area contributed by atoms with Crippen LogP contribution in [0.2, 0.25) is 0 Å². The molecular formula is C5H11N2OS. The van der Waals surface area contributed by atoms with Gasteiger partial charge in [0.2, 0.25) is 0 Å². The Hall–Kier alpha value is -0.220. The highest BCUT2D eigenvalue weighted by atomic mass is 32.2. The molecule has 9 heavy (non-hydrogen) atoms. The van der Waals surface area contributed by atoms with Crippen molar-refractivity contribution in [2.75, 3.05) is 12.0 Å². The summed E-state index contributed by atoms with van der Waals surface area (Å²) in [5, 5.41) is 0. The highest BCUT2D eigenvalue weighted by molar-refractivity contribution is 7.98. The van der Waals surface area contributed by atoms with Crippen molar-refractivity contribution in [3.8, 4) is 0 Å². The third-order valence-electron chi connectivity index (χ3n) is 0.970. The number of thioether (sulfide) groups is 1. The summed E-state index contributed by atoms with van der Waals surface area (Å²) in [4.78, 5) is 10.2. The van der Waals surface area contributed by atoms with Gasteiger partial charge in [-0.05, 0) is 18.4 Å². The van der Waals surface area contributed by atoms with Crippen molar-refractivity contribution in [3.63, 3.8) is 0 Å². The molecule has 0 aliphatic rings. The van der Waals surface area contributed by atoms with Crippen LogP contribution in [0.4, 0.5) is 0 Å². The molecule has 4 heteroatoms. The van der Waals surface area contributed by atoms with E-state index in [4.69, 9.17) is 11.5 Å². The topological polar surface area (TPSA) is 66.9 Å². The standard InChI is InChI=1S/C5H11N2OS/c1-9-3-2-4(6)5(7)8/h4,7H,2-3,6H2,1H3/t4-/m0/s1. The van der Waals surface area contributed by atoms with Crippen molar-refractivity contribution in [3.05, 3.63) is 0 Å². The average Bonchev–Trinajstić information content (AvgIpc) is 1.82. The van der Waals surface area contributed by atoms with Crippen LogP contribution < -0.4 is 11.5 Å². The molecule has 53 valence electrons. The molecule has 0 aliphatic heterocycles. The van der Waals surface area contributed by atoms with Crippen molar-refractivity contribution in [1.29, 1.82) is 0 Å². The summed E-state index contributed by atoms with van der Waals surface area (Å²) < 4.78 is 0. The van der Waals surface area contributed by atoms with Crippen LogP contribution in [0.5, 0.6) is 0 Å². The van der Waals surface area contributed by atoms with Gasteiger partial charge in [-0.1, -0.05) is 0 Å². The summed E-state index contributed by atoms with van der Waals surface area (Å²) in [5.41, 5.74) is 11.8. The van der Waals surface area contributed by atoms with Crippen molar-refractivity contribution >= 4 is 17.7 Å². The first-order valence-electron chi connectivity index (χ1n) is 2.68. The van der Waals surface area contributed by atoms with E-state index in [1.54, 1.807) is 11.8 Å². The molecule has 3 nitrogen and oxygen atoms in total. The number of carbonyl (C=O) groups excluding carboxylic acids is 1. The van der Waals surface area contributed by atoms with Gasteiger partial charge in [0.25, 0.3) is 5.91 Å². The minimum absolute atomic E-state index is 0.572. The summed E-state index contributed by atoms with van der Waals surface area (Å²) >= 11 is 1.63. The fourth-order valence-electron chi connectivity index (χ4n) is 0.376. The molecule has 0 saturated heterocycles. The minimum Gasteiger partial charge on any atom is -0.320 e. The Labute approximate surface area is 59.2 Å². The van der Waals surface area contributed by atoms with E-state index in [-0.39, 0.29) is 0 Å². The zero-order chi connectivity index (χ0) is 7.28. The lowest BCUT2D eigenvalue weighted by Crippen LogP contribution is -2.31. The number of hydrogen-bond donors (Lipinski definition) is 1. The fourth-order valence-corrected chi connectivity index (χ4v) is 0.866. The summed E-state index contributed by atoms with van der Waals surface area (Å²) in [7, 11) is 0. The van der Waals surface area contributed by atoms with E-state index in [1.165, 1.54) is 0 Å². The van der Waals surface area contributed by atoms with Gasteiger partial charge in [-0.2, -0.15) is 11.8 Å². The Bertz CT molecular complexity index is 97.0. The van der Waals surface area contributed by atoms with E-state index in [1.807, 2.05) is 6.26 Å². The smallest absolute Gasteiger partial charge is 0.255 e. The first kappa shape index (κ1) is 8.78. The fraction of sp³-hybridized carbons (Fsp3) is 0.800. The normalized spacial score (nSPS) is 13.1. The van der Waals surface area contributed by atoms with Crippen LogP contribution in [-0.2, 0) is 4.79 Å². The zero-order valence-corrected chi connectivity index (χ0v) is 6.20. The number of amides is 1. The van der Waals surface area contributed by atoms with E-state index in [2.05, 4.69) is 0 Å². The van der Waals surface area contributed by atoms with Crippen LogP contribution in [0.3, 0.4) is 0 Å². The minimum atomic E-state index is -0.663. The largest absolute Gasteiger partial charge is 0.320 e. The average molecular weight is 147 g/mol. The molecule has 0 bridgehead atoms. The quantitative estimate of drug-likeness (QED) is 0.602. The van der Waals surface area contributed by atoms with Gasteiger partial charge in [0.05, 0.1) is 6.04 Å². The molecule has 1 radical (unpaired) electrons. The van der Waals surface area contributed by atoms with E-state index in [0.717, 1.165) is 5.75 Å². The molecule has 0 aliphatic carbocycles. The van der Waals surface area contributed by atoms with Crippen molar-refractivity contribution < 1.29 is 4.79 Å². The van der Waals surface area contributed by atoms with E-state index in [9.17, 15) is 4.79 Å². The predicted octanol–water partition coefficient (Wildman–Crippen LogP) is -0.124. The Balaban J connectivity index is 3.27. The summed E-state index contributed by atoms with van der Waals surface area (Å²) in [6, 6.07) is -0.572. The van der Waals surface area contributed by atoms with E-state index >= 15 is 0 Å². The second-order valence-corrected chi connectivity index (χ2v) is 2.74. The summed E-state index contributed by atoms with van der Waals surface area (Å²) in [5.74, 6) is 0.190. The van der Waals surface area contributed by atoms with Crippen LogP contribution in [0.15, 0.2) is 0 Å². The number of rotatable bonds is 4. The maximum absolute atomic E-state index is 10.2. The number of nitrogens with one attached hydrogen (secondary N) is 1. The van der Waals surface area contributed by atoms with Gasteiger partial charge in [0.1, 0.15) is 0 Å². The van der Waals surface area contributed by atoms with Gasteiger partial charge in [0, 0.05) is 0 Å². The van der Waals surface area contributed by atoms with E-state index < -0.39 is 11.9 Å². The Morgan fingerprint density at radius 3 is 2.78 bits per heavy atom. The SMILES string of the molecule is CSCC[C@H](N)C([NH])=O. The second kappa shape index (κ2) is 4.64. The van der Waals surface area contributed by atoms with Crippen LogP contribution >= 0.6 is 11.8 Å². The molecule has 1 atom stereocenters. The molecule has 0 fully saturated rings. The van der Waals surface area contributed by atoms with E-state index in [0.29, 0.717) is 6.42 Å². The van der Waals surface area contributed by atoms with Crippen molar-refractivity contribution in [2.45, 2.75) is 12.5 Å². The Morgan fingerprint density at radius 1 is 1.89 bits per heavy atom. The highest BCUT2D eigenvalue weighted by Crippen LogP contribution is 1.97. The third-order valence-corrected chi connectivity index (χ3v) is 1.61. The molecule has 0 aromatic rings. The summed E-state index contributed by atoms with van der Waals surface area (Å²) in [6.07, 6.45) is 2.56. The van der Waals surface area contributed by atoms with Gasteiger partial charge in [-0.3, -0.25) is 10.5 Å². The lowest BCUT2D eigenvalue weighted by molar-refractivity contribution is -0.119. The van der Waals surface area contributed by atoms with Gasteiger partial charge >= 0.3 is 0 Å². The molecule has 0 aromatic carbocycles. The molecular weight excluding hydrogens is 136 g/mol. The predicted molar refractivity (Wildman–Crippen MR) is 39.1 cm³/mol. The van der Waals surface area contributed by atoms with Crippen molar-refractivity contribution in [2.24, 2.45) is 5.73 Å². The molecule has 3 N–H and O–H groups in total. The summed E-state index contributed by atoms with van der Waals surface area (Å²) in [6.45, 7) is 0. The molecule has 0 aromatic heterocycles. The molecule has 0 unspecified atom stereocenters. The van der Waals surface area contributed by atoms with Crippen LogP contribution in [0.1, 0.15) is 6.42 Å². The van der Waals surface area contributed by atoms with Crippen LogP contribution in [-0.4, -0.2) is 24.0 Å². The zero-order valence-electron chi connectivity index (χ0n) is 5.39. The molecule has 0 rings (SSSR count).